The summed E-state index contributed by atoms with van der Waals surface area (Å²) in [5, 5.41) is 1.50. The number of nitrogens with zero attached hydrogens (tertiary/aromatic N) is 4. The first-order valence-electron chi connectivity index (χ1n) is 6.71. The monoisotopic (exact) mass is 348 g/mol. The smallest absolute Gasteiger partial charge is 0.280 e. The van der Waals surface area contributed by atoms with E-state index in [1.54, 1.807) is 31.3 Å². The summed E-state index contributed by atoms with van der Waals surface area (Å²) in [4.78, 5) is 33.4. The van der Waals surface area contributed by atoms with Gasteiger partial charge in [-0.3, -0.25) is 13.9 Å². The molecule has 8 heteroatoms. The van der Waals surface area contributed by atoms with Crippen molar-refractivity contribution >= 4 is 34.4 Å². The van der Waals surface area contributed by atoms with Gasteiger partial charge in [-0.25, -0.2) is 14.8 Å². The van der Waals surface area contributed by atoms with Crippen molar-refractivity contribution in [2.45, 2.75) is 5.03 Å². The van der Waals surface area contributed by atoms with Crippen molar-refractivity contribution in [1.82, 2.24) is 19.1 Å². The predicted molar refractivity (Wildman–Crippen MR) is 92.2 cm³/mol. The summed E-state index contributed by atoms with van der Waals surface area (Å²) in [7, 11) is 3.04. The van der Waals surface area contributed by atoms with Crippen molar-refractivity contribution in [3.8, 4) is 11.4 Å². The van der Waals surface area contributed by atoms with E-state index in [0.29, 0.717) is 26.9 Å². The van der Waals surface area contributed by atoms with Gasteiger partial charge < -0.3 is 0 Å². The van der Waals surface area contributed by atoms with Crippen molar-refractivity contribution in [3.05, 3.63) is 50.1 Å². The number of hydrogen-bond donors (Lipinski definition) is 0. The number of thioether (sulfide) groups is 1. The van der Waals surface area contributed by atoms with Gasteiger partial charge in [0.05, 0.1) is 0 Å². The molecule has 0 aliphatic carbocycles. The molecule has 0 amide bonds. The number of rotatable bonds is 2. The highest BCUT2D eigenvalue weighted by atomic mass is 35.5. The fourth-order valence-electron chi connectivity index (χ4n) is 2.30. The van der Waals surface area contributed by atoms with Gasteiger partial charge in [0.25, 0.3) is 5.56 Å². The Hall–Kier alpha value is -2.12. The lowest BCUT2D eigenvalue weighted by molar-refractivity contribution is 0.703. The molecule has 0 unspecified atom stereocenters. The zero-order chi connectivity index (χ0) is 16.7. The number of benzene rings is 1. The maximum absolute atomic E-state index is 12.4. The van der Waals surface area contributed by atoms with E-state index in [0.717, 1.165) is 10.1 Å². The molecule has 2 heterocycles. The second kappa shape index (κ2) is 5.82. The number of hydrogen-bond acceptors (Lipinski definition) is 5. The maximum atomic E-state index is 12.4. The van der Waals surface area contributed by atoms with Crippen LogP contribution in [0.1, 0.15) is 0 Å². The summed E-state index contributed by atoms with van der Waals surface area (Å²) in [6.07, 6.45) is 1.83. The summed E-state index contributed by atoms with van der Waals surface area (Å²) < 4.78 is 2.42. The molecule has 0 saturated carbocycles. The quantitative estimate of drug-likeness (QED) is 0.524. The molecule has 0 radical (unpaired) electrons. The predicted octanol–water partition coefficient (Wildman–Crippen LogP) is 2.07. The summed E-state index contributed by atoms with van der Waals surface area (Å²) in [5.74, 6) is 0.446. The highest BCUT2D eigenvalue weighted by Crippen LogP contribution is 2.25. The van der Waals surface area contributed by atoms with Crippen LogP contribution in [-0.4, -0.2) is 25.4 Å². The Labute approximate surface area is 140 Å². The van der Waals surface area contributed by atoms with E-state index < -0.39 is 11.2 Å². The summed E-state index contributed by atoms with van der Waals surface area (Å²) in [5.41, 5.74) is 0.271. The van der Waals surface area contributed by atoms with Crippen LogP contribution in [0.2, 0.25) is 5.02 Å². The Kier molecular flexibility index (Phi) is 3.99. The molecule has 0 spiro atoms. The molecule has 0 aliphatic heterocycles. The average Bonchev–Trinajstić information content (AvgIpc) is 2.57. The maximum Gasteiger partial charge on any atom is 0.332 e. The third kappa shape index (κ3) is 2.55. The standard InChI is InChI=1S/C15H13ClN4O2S/c1-19-12-10(14(21)20(2)15(19)22)13(23-3)18-11(17-12)8-4-6-9(16)7-5-8/h4-7H,1-3H3. The van der Waals surface area contributed by atoms with E-state index in [1.807, 2.05) is 6.26 Å². The SMILES string of the molecule is CSc1nc(-c2ccc(Cl)cc2)nc2c1c(=O)n(C)c(=O)n2C. The third-order valence-corrected chi connectivity index (χ3v) is 4.50. The van der Waals surface area contributed by atoms with E-state index in [-0.39, 0.29) is 0 Å². The number of aryl methyl sites for hydroxylation is 1. The second-order valence-corrected chi connectivity index (χ2v) is 6.20. The Balaban J connectivity index is 2.43. The van der Waals surface area contributed by atoms with Crippen LogP contribution in [0.4, 0.5) is 0 Å². The molecule has 6 nitrogen and oxygen atoms in total. The van der Waals surface area contributed by atoms with Gasteiger partial charge >= 0.3 is 5.69 Å². The van der Waals surface area contributed by atoms with Crippen LogP contribution in [-0.2, 0) is 14.1 Å². The van der Waals surface area contributed by atoms with Crippen LogP contribution in [0.25, 0.3) is 22.4 Å². The van der Waals surface area contributed by atoms with Gasteiger partial charge in [-0.05, 0) is 30.5 Å². The van der Waals surface area contributed by atoms with Crippen molar-refractivity contribution in [1.29, 1.82) is 0 Å². The van der Waals surface area contributed by atoms with Gasteiger partial charge in [-0.15, -0.1) is 11.8 Å². The van der Waals surface area contributed by atoms with E-state index in [9.17, 15) is 9.59 Å². The van der Waals surface area contributed by atoms with Crippen LogP contribution in [0.15, 0.2) is 38.9 Å². The van der Waals surface area contributed by atoms with Crippen LogP contribution >= 0.6 is 23.4 Å². The van der Waals surface area contributed by atoms with Gasteiger partial charge in [0.2, 0.25) is 0 Å². The van der Waals surface area contributed by atoms with Gasteiger partial charge in [-0.1, -0.05) is 11.6 Å². The number of aromatic nitrogens is 4. The highest BCUT2D eigenvalue weighted by Gasteiger charge is 2.17. The molecule has 23 heavy (non-hydrogen) atoms. The van der Waals surface area contributed by atoms with Gasteiger partial charge in [0.1, 0.15) is 10.4 Å². The number of fused-ring (bicyclic) bond motifs is 1. The van der Waals surface area contributed by atoms with Crippen molar-refractivity contribution < 1.29 is 0 Å². The van der Waals surface area contributed by atoms with E-state index >= 15 is 0 Å². The lowest BCUT2D eigenvalue weighted by Gasteiger charge is -2.11. The Morgan fingerprint density at radius 2 is 1.70 bits per heavy atom. The molecular formula is C15H13ClN4O2S. The molecular weight excluding hydrogens is 336 g/mol. The van der Waals surface area contributed by atoms with E-state index in [4.69, 9.17) is 11.6 Å². The molecule has 0 saturated heterocycles. The Bertz CT molecular complexity index is 1020. The fourth-order valence-corrected chi connectivity index (χ4v) is 2.99. The normalized spacial score (nSPS) is 11.1. The summed E-state index contributed by atoms with van der Waals surface area (Å²) in [6.45, 7) is 0. The van der Waals surface area contributed by atoms with Crippen molar-refractivity contribution in [2.24, 2.45) is 14.1 Å². The molecule has 118 valence electrons. The first-order valence-corrected chi connectivity index (χ1v) is 8.32. The lowest BCUT2D eigenvalue weighted by Crippen LogP contribution is -2.37. The highest BCUT2D eigenvalue weighted by molar-refractivity contribution is 7.98. The Morgan fingerprint density at radius 3 is 2.30 bits per heavy atom. The van der Waals surface area contributed by atoms with Gasteiger partial charge in [0, 0.05) is 24.7 Å². The molecule has 3 rings (SSSR count). The minimum atomic E-state index is -0.421. The Morgan fingerprint density at radius 1 is 1.04 bits per heavy atom. The summed E-state index contributed by atoms with van der Waals surface area (Å²) in [6, 6.07) is 7.08. The van der Waals surface area contributed by atoms with Gasteiger partial charge in [-0.2, -0.15) is 0 Å². The molecule has 0 aliphatic rings. The van der Waals surface area contributed by atoms with Gasteiger partial charge in [0.15, 0.2) is 11.5 Å². The third-order valence-electron chi connectivity index (χ3n) is 3.56. The molecule has 0 fully saturated rings. The molecule has 3 aromatic rings. The zero-order valence-electron chi connectivity index (χ0n) is 12.7. The minimum absolute atomic E-state index is 0.322. The lowest BCUT2D eigenvalue weighted by atomic mass is 10.2. The second-order valence-electron chi connectivity index (χ2n) is 4.97. The topological polar surface area (TPSA) is 69.8 Å². The molecule has 0 N–H and O–H groups in total. The zero-order valence-corrected chi connectivity index (χ0v) is 14.3. The van der Waals surface area contributed by atoms with Crippen LogP contribution in [0, 0.1) is 0 Å². The molecule has 0 atom stereocenters. The van der Waals surface area contributed by atoms with Crippen LogP contribution in [0.5, 0.6) is 0 Å². The van der Waals surface area contributed by atoms with Crippen LogP contribution in [0.3, 0.4) is 0 Å². The van der Waals surface area contributed by atoms with E-state index in [1.165, 1.54) is 23.4 Å². The van der Waals surface area contributed by atoms with Crippen LogP contribution < -0.4 is 11.2 Å². The largest absolute Gasteiger partial charge is 0.332 e. The molecule has 1 aromatic carbocycles. The summed E-state index contributed by atoms with van der Waals surface area (Å²) >= 11 is 7.24. The minimum Gasteiger partial charge on any atom is -0.280 e. The first kappa shape index (κ1) is 15.8. The number of halogens is 1. The fraction of sp³-hybridized carbons (Fsp3) is 0.200. The van der Waals surface area contributed by atoms with Crippen molar-refractivity contribution in [2.75, 3.05) is 6.26 Å². The molecule has 2 aromatic heterocycles. The first-order chi connectivity index (χ1) is 10.9. The van der Waals surface area contributed by atoms with Crippen molar-refractivity contribution in [3.63, 3.8) is 0 Å². The molecule has 0 bridgehead atoms. The van der Waals surface area contributed by atoms with E-state index in [2.05, 4.69) is 9.97 Å². The average molecular weight is 349 g/mol.